The summed E-state index contributed by atoms with van der Waals surface area (Å²) in [5.74, 6) is 1.49. The number of methoxy groups -OCH3 is 1. The van der Waals surface area contributed by atoms with E-state index in [9.17, 15) is 4.79 Å². The van der Waals surface area contributed by atoms with E-state index in [0.29, 0.717) is 5.82 Å². The van der Waals surface area contributed by atoms with Crippen molar-refractivity contribution in [3.8, 4) is 17.1 Å². The van der Waals surface area contributed by atoms with Crippen LogP contribution in [0, 0.1) is 6.92 Å². The van der Waals surface area contributed by atoms with Crippen molar-refractivity contribution in [2.75, 3.05) is 7.11 Å². The molecular weight excluding hydrogens is 240 g/mol. The van der Waals surface area contributed by atoms with Gasteiger partial charge in [-0.15, -0.1) is 0 Å². The van der Waals surface area contributed by atoms with Crippen LogP contribution in [0.1, 0.15) is 23.2 Å². The Labute approximate surface area is 111 Å². The van der Waals surface area contributed by atoms with Gasteiger partial charge < -0.3 is 9.72 Å². The van der Waals surface area contributed by atoms with Crippen LogP contribution in [0.4, 0.5) is 0 Å². The Morgan fingerprint density at radius 3 is 2.89 bits per heavy atom. The summed E-state index contributed by atoms with van der Waals surface area (Å²) < 4.78 is 5.24. The van der Waals surface area contributed by atoms with Crippen molar-refractivity contribution in [1.29, 1.82) is 0 Å². The molecule has 1 aromatic carbocycles. The van der Waals surface area contributed by atoms with Crippen LogP contribution in [0.3, 0.4) is 0 Å². The molecule has 1 N–H and O–H groups in total. The van der Waals surface area contributed by atoms with E-state index in [1.54, 1.807) is 7.11 Å². The highest BCUT2D eigenvalue weighted by Gasteiger charge is 2.17. The van der Waals surface area contributed by atoms with E-state index in [0.717, 1.165) is 47.4 Å². The zero-order valence-corrected chi connectivity index (χ0v) is 11.1. The largest absolute Gasteiger partial charge is 0.496 e. The average Bonchev–Trinajstić information content (AvgIpc) is 2.87. The Hall–Kier alpha value is -2.10. The van der Waals surface area contributed by atoms with Crippen molar-refractivity contribution in [1.82, 2.24) is 9.97 Å². The van der Waals surface area contributed by atoms with Gasteiger partial charge in [0.15, 0.2) is 0 Å². The molecule has 0 aliphatic heterocycles. The molecule has 0 fully saturated rings. The van der Waals surface area contributed by atoms with Gasteiger partial charge in [-0.3, -0.25) is 4.79 Å². The van der Waals surface area contributed by atoms with Crippen LogP contribution >= 0.6 is 0 Å². The highest BCUT2D eigenvalue weighted by atomic mass is 16.5. The average molecular weight is 256 g/mol. The third-order valence-corrected chi connectivity index (χ3v) is 3.61. The van der Waals surface area contributed by atoms with Gasteiger partial charge in [-0.25, -0.2) is 4.98 Å². The number of rotatable bonds is 2. The first-order valence-electron chi connectivity index (χ1n) is 6.46. The maximum atomic E-state index is 12.0. The van der Waals surface area contributed by atoms with E-state index < -0.39 is 0 Å². The van der Waals surface area contributed by atoms with E-state index in [4.69, 9.17) is 4.74 Å². The second kappa shape index (κ2) is 4.53. The van der Waals surface area contributed by atoms with Crippen LogP contribution < -0.4 is 10.3 Å². The third-order valence-electron chi connectivity index (χ3n) is 3.61. The number of hydrogen-bond donors (Lipinski definition) is 1. The van der Waals surface area contributed by atoms with Gasteiger partial charge in [0.05, 0.1) is 12.8 Å². The lowest BCUT2D eigenvalue weighted by atomic mass is 10.1. The van der Waals surface area contributed by atoms with Gasteiger partial charge in [0.1, 0.15) is 11.6 Å². The second-order valence-electron chi connectivity index (χ2n) is 4.88. The number of aromatic nitrogens is 2. The molecule has 3 rings (SSSR count). The highest BCUT2D eigenvalue weighted by Crippen LogP contribution is 2.25. The third kappa shape index (κ3) is 2.03. The van der Waals surface area contributed by atoms with E-state index >= 15 is 0 Å². The Morgan fingerprint density at radius 1 is 1.32 bits per heavy atom. The fraction of sp³-hybridized carbons (Fsp3) is 0.333. The fourth-order valence-electron chi connectivity index (χ4n) is 2.60. The van der Waals surface area contributed by atoms with Crippen LogP contribution in [0.25, 0.3) is 11.4 Å². The number of hydrogen-bond acceptors (Lipinski definition) is 3. The number of aromatic amines is 1. The Morgan fingerprint density at radius 2 is 2.16 bits per heavy atom. The number of ether oxygens (including phenoxy) is 1. The molecule has 0 atom stereocenters. The van der Waals surface area contributed by atoms with Gasteiger partial charge in [-0.2, -0.15) is 0 Å². The van der Waals surface area contributed by atoms with Crippen molar-refractivity contribution in [2.45, 2.75) is 26.2 Å². The molecule has 98 valence electrons. The van der Waals surface area contributed by atoms with E-state index in [1.165, 1.54) is 0 Å². The molecule has 0 spiro atoms. The smallest absolute Gasteiger partial charge is 0.254 e. The predicted octanol–water partition coefficient (Wildman–Crippen LogP) is 2.24. The number of nitrogens with zero attached hydrogens (tertiary/aromatic N) is 1. The minimum Gasteiger partial charge on any atom is -0.496 e. The molecule has 0 radical (unpaired) electrons. The lowest BCUT2D eigenvalue weighted by Crippen LogP contribution is -2.15. The fourth-order valence-corrected chi connectivity index (χ4v) is 2.60. The molecule has 1 aliphatic rings. The molecule has 1 aliphatic carbocycles. The van der Waals surface area contributed by atoms with Crippen LogP contribution in [0.5, 0.6) is 5.75 Å². The van der Waals surface area contributed by atoms with E-state index in [-0.39, 0.29) is 5.56 Å². The first-order chi connectivity index (χ1) is 9.19. The second-order valence-corrected chi connectivity index (χ2v) is 4.88. The summed E-state index contributed by atoms with van der Waals surface area (Å²) in [5, 5.41) is 0. The Bertz CT molecular complexity index is 689. The van der Waals surface area contributed by atoms with E-state index in [1.807, 2.05) is 25.1 Å². The van der Waals surface area contributed by atoms with Crippen LogP contribution in [0.15, 0.2) is 23.0 Å². The zero-order chi connectivity index (χ0) is 13.4. The zero-order valence-electron chi connectivity index (χ0n) is 11.1. The van der Waals surface area contributed by atoms with Gasteiger partial charge in [0, 0.05) is 11.1 Å². The molecule has 0 amide bonds. The number of H-pyrrole nitrogens is 1. The highest BCUT2D eigenvalue weighted by molar-refractivity contribution is 5.59. The van der Waals surface area contributed by atoms with E-state index in [2.05, 4.69) is 9.97 Å². The molecule has 4 heteroatoms. The molecule has 0 unspecified atom stereocenters. The van der Waals surface area contributed by atoms with Gasteiger partial charge >= 0.3 is 0 Å². The number of nitrogens with one attached hydrogen (secondary N) is 1. The molecule has 0 saturated carbocycles. The lowest BCUT2D eigenvalue weighted by molar-refractivity contribution is 0.412. The van der Waals surface area contributed by atoms with Gasteiger partial charge in [-0.05, 0) is 49.9 Å². The maximum absolute atomic E-state index is 12.0. The minimum atomic E-state index is 0.00553. The quantitative estimate of drug-likeness (QED) is 0.896. The molecule has 0 bridgehead atoms. The van der Waals surface area contributed by atoms with Crippen molar-refractivity contribution in [2.24, 2.45) is 0 Å². The number of fused-ring (bicyclic) bond motifs is 1. The summed E-state index contributed by atoms with van der Waals surface area (Å²) in [7, 11) is 1.65. The summed E-state index contributed by atoms with van der Waals surface area (Å²) in [6.45, 7) is 1.98. The normalized spacial score (nSPS) is 13.4. The molecule has 0 saturated heterocycles. The molecule has 2 aromatic rings. The Balaban J connectivity index is 2.10. The lowest BCUT2D eigenvalue weighted by Gasteiger charge is -2.08. The maximum Gasteiger partial charge on any atom is 0.254 e. The summed E-state index contributed by atoms with van der Waals surface area (Å²) in [6.07, 6.45) is 2.78. The molecular formula is C15H16N2O2. The topological polar surface area (TPSA) is 55.0 Å². The van der Waals surface area contributed by atoms with Crippen LogP contribution in [0.2, 0.25) is 0 Å². The molecule has 4 nitrogen and oxygen atoms in total. The summed E-state index contributed by atoms with van der Waals surface area (Å²) >= 11 is 0. The summed E-state index contributed by atoms with van der Waals surface area (Å²) in [4.78, 5) is 19.5. The molecule has 1 aromatic heterocycles. The standard InChI is InChI=1S/C15H16N2O2/c1-9-8-10(6-7-13(9)19-2)14-16-12-5-3-4-11(12)15(18)17-14/h6-8H,3-5H2,1-2H3,(H,16,17,18). The van der Waals surface area contributed by atoms with Crippen molar-refractivity contribution >= 4 is 0 Å². The monoisotopic (exact) mass is 256 g/mol. The molecule has 1 heterocycles. The first kappa shape index (κ1) is 12.0. The van der Waals surface area contributed by atoms with Gasteiger partial charge in [0.2, 0.25) is 0 Å². The molecule has 19 heavy (non-hydrogen) atoms. The van der Waals surface area contributed by atoms with Gasteiger partial charge in [-0.1, -0.05) is 0 Å². The van der Waals surface area contributed by atoms with Crippen molar-refractivity contribution < 1.29 is 4.74 Å². The SMILES string of the molecule is COc1ccc(-c2nc3c(c(=O)[nH]2)CCC3)cc1C. The van der Waals surface area contributed by atoms with Crippen molar-refractivity contribution in [3.05, 3.63) is 45.4 Å². The van der Waals surface area contributed by atoms with Crippen molar-refractivity contribution in [3.63, 3.8) is 0 Å². The number of aryl methyl sites for hydroxylation is 2. The van der Waals surface area contributed by atoms with Gasteiger partial charge in [0.25, 0.3) is 5.56 Å². The van der Waals surface area contributed by atoms with Crippen LogP contribution in [-0.2, 0) is 12.8 Å². The minimum absolute atomic E-state index is 0.00553. The summed E-state index contributed by atoms with van der Waals surface area (Å²) in [6, 6.07) is 5.81. The number of benzene rings is 1. The first-order valence-corrected chi connectivity index (χ1v) is 6.46. The predicted molar refractivity (Wildman–Crippen MR) is 73.6 cm³/mol. The summed E-state index contributed by atoms with van der Waals surface area (Å²) in [5.41, 5.74) is 3.76. The Kier molecular flexibility index (Phi) is 2.85. The van der Waals surface area contributed by atoms with Crippen LogP contribution in [-0.4, -0.2) is 17.1 Å².